The van der Waals surface area contributed by atoms with Crippen molar-refractivity contribution in [1.29, 1.82) is 0 Å². The molecule has 260 valence electrons. The fraction of sp³-hybridized carbons (Fsp3) is 0.444. The summed E-state index contributed by atoms with van der Waals surface area (Å²) in [4.78, 5) is 75.6. The molecule has 1 fully saturated rings. The maximum absolute atomic E-state index is 13.8. The summed E-state index contributed by atoms with van der Waals surface area (Å²) in [6.45, 7) is 5.34. The molecule has 3 heterocycles. The summed E-state index contributed by atoms with van der Waals surface area (Å²) in [6.07, 6.45) is -0.367. The second-order valence-electron chi connectivity index (χ2n) is 13.4. The Kier molecular flexibility index (Phi) is 10.7. The second-order valence-corrected chi connectivity index (χ2v) is 13.4. The van der Waals surface area contributed by atoms with Gasteiger partial charge in [-0.25, -0.2) is 14.6 Å². The highest BCUT2D eigenvalue weighted by molar-refractivity contribution is 5.98. The predicted octanol–water partition coefficient (Wildman–Crippen LogP) is 3.54. The third-order valence-electron chi connectivity index (χ3n) is 8.50. The Morgan fingerprint density at radius 3 is 2.47 bits per heavy atom. The number of likely N-dealkylation sites (N-methyl/N-ethyl adjacent to an activating group) is 2. The summed E-state index contributed by atoms with van der Waals surface area (Å²) >= 11 is 0. The van der Waals surface area contributed by atoms with Crippen molar-refractivity contribution >= 4 is 40.7 Å². The van der Waals surface area contributed by atoms with Gasteiger partial charge >= 0.3 is 12.1 Å². The molecule has 3 atom stereocenters. The molecule has 3 aromatic rings. The standard InChI is InChI=1S/C36H43N5O8/c1-36(2,3)49-35(46)37-25-18-26-22-47-29-13-9-12-24-14-15-27(38-32(24)29)33(44)40(5)28(34(45)48-21-23-10-7-6-8-11-23)16-17-30(42)39(4)20-31(43)41(26)19-25/h6-15,25-26,28H,16-22H2,1-5H3,(H,37,46)/t25-,26-,28-/m0/s1. The van der Waals surface area contributed by atoms with Crippen LogP contribution in [0.5, 0.6) is 5.75 Å². The zero-order valence-corrected chi connectivity index (χ0v) is 28.5. The van der Waals surface area contributed by atoms with E-state index in [1.807, 2.05) is 36.4 Å². The van der Waals surface area contributed by atoms with Gasteiger partial charge in [0.25, 0.3) is 5.91 Å². The average molecular weight is 674 g/mol. The Hall–Kier alpha value is -5.20. The van der Waals surface area contributed by atoms with Crippen LogP contribution in [0.25, 0.3) is 10.9 Å². The number of nitrogens with one attached hydrogen (secondary N) is 1. The van der Waals surface area contributed by atoms with E-state index in [0.717, 1.165) is 10.9 Å². The molecule has 1 aromatic heterocycles. The lowest BCUT2D eigenvalue weighted by atomic mass is 10.1. The number of nitrogens with zero attached hydrogens (tertiary/aromatic N) is 4. The molecule has 0 saturated carbocycles. The summed E-state index contributed by atoms with van der Waals surface area (Å²) in [7, 11) is 2.99. The molecule has 4 amide bonds. The quantitative estimate of drug-likeness (QED) is 0.411. The first-order chi connectivity index (χ1) is 23.3. The van der Waals surface area contributed by atoms with Crippen LogP contribution in [-0.2, 0) is 30.5 Å². The highest BCUT2D eigenvalue weighted by Crippen LogP contribution is 2.27. The van der Waals surface area contributed by atoms with Crippen LogP contribution in [0.4, 0.5) is 4.79 Å². The van der Waals surface area contributed by atoms with Crippen LogP contribution in [0.15, 0.2) is 60.7 Å². The first-order valence-electron chi connectivity index (χ1n) is 16.3. The van der Waals surface area contributed by atoms with E-state index in [1.165, 1.54) is 23.9 Å². The number of fused-ring (bicyclic) bond motifs is 2. The van der Waals surface area contributed by atoms with Crippen LogP contribution in [0.3, 0.4) is 0 Å². The minimum atomic E-state index is -1.11. The smallest absolute Gasteiger partial charge is 0.407 e. The van der Waals surface area contributed by atoms with E-state index in [1.54, 1.807) is 49.9 Å². The molecule has 13 heteroatoms. The third kappa shape index (κ3) is 8.84. The van der Waals surface area contributed by atoms with E-state index in [4.69, 9.17) is 14.2 Å². The highest BCUT2D eigenvalue weighted by Gasteiger charge is 2.38. The largest absolute Gasteiger partial charge is 0.489 e. The van der Waals surface area contributed by atoms with Crippen LogP contribution in [0.1, 0.15) is 56.1 Å². The lowest BCUT2D eigenvalue weighted by Crippen LogP contribution is -2.47. The molecule has 2 bridgehead atoms. The van der Waals surface area contributed by atoms with Gasteiger partial charge in [0.05, 0.1) is 18.6 Å². The maximum atomic E-state index is 13.8. The number of hydrogen-bond acceptors (Lipinski definition) is 9. The van der Waals surface area contributed by atoms with Crippen molar-refractivity contribution < 1.29 is 38.2 Å². The number of carbonyl (C=O) groups excluding carboxylic acids is 5. The van der Waals surface area contributed by atoms with Crippen molar-refractivity contribution in [2.24, 2.45) is 0 Å². The van der Waals surface area contributed by atoms with Gasteiger partial charge in [0.15, 0.2) is 0 Å². The number of rotatable bonds is 4. The molecule has 2 aliphatic heterocycles. The summed E-state index contributed by atoms with van der Waals surface area (Å²) in [5.41, 5.74) is 0.596. The molecule has 0 spiro atoms. The van der Waals surface area contributed by atoms with Gasteiger partial charge in [-0.1, -0.05) is 48.5 Å². The number of aromatic nitrogens is 1. The number of alkyl carbamates (subject to hydrolysis) is 1. The van der Waals surface area contributed by atoms with Crippen LogP contribution >= 0.6 is 0 Å². The van der Waals surface area contributed by atoms with Gasteiger partial charge < -0.3 is 34.2 Å². The second kappa shape index (κ2) is 14.9. The summed E-state index contributed by atoms with van der Waals surface area (Å²) in [5.74, 6) is -1.51. The van der Waals surface area contributed by atoms with Crippen molar-refractivity contribution in [2.75, 3.05) is 33.8 Å². The monoisotopic (exact) mass is 673 g/mol. The Bertz CT molecular complexity index is 1710. The Balaban J connectivity index is 1.43. The normalized spacial score (nSPS) is 20.9. The van der Waals surface area contributed by atoms with Gasteiger partial charge in [-0.15, -0.1) is 0 Å². The number of pyridine rings is 1. The zero-order valence-electron chi connectivity index (χ0n) is 28.5. The molecule has 13 nitrogen and oxygen atoms in total. The Morgan fingerprint density at radius 2 is 1.73 bits per heavy atom. The summed E-state index contributed by atoms with van der Waals surface area (Å²) < 4.78 is 17.3. The first kappa shape index (κ1) is 35.1. The van der Waals surface area contributed by atoms with E-state index < -0.39 is 41.7 Å². The number of ether oxygens (including phenoxy) is 3. The molecular formula is C36H43N5O8. The predicted molar refractivity (Wildman–Crippen MR) is 180 cm³/mol. The lowest BCUT2D eigenvalue weighted by Gasteiger charge is -2.28. The van der Waals surface area contributed by atoms with Crippen molar-refractivity contribution in [3.63, 3.8) is 0 Å². The summed E-state index contributed by atoms with van der Waals surface area (Å²) in [5, 5.41) is 3.58. The Morgan fingerprint density at radius 1 is 0.980 bits per heavy atom. The first-order valence-corrected chi connectivity index (χ1v) is 16.3. The van der Waals surface area contributed by atoms with E-state index in [9.17, 15) is 24.0 Å². The van der Waals surface area contributed by atoms with Gasteiger partial charge in [0.2, 0.25) is 11.8 Å². The maximum Gasteiger partial charge on any atom is 0.407 e. The van der Waals surface area contributed by atoms with Crippen molar-refractivity contribution in [3.05, 3.63) is 71.9 Å². The van der Waals surface area contributed by atoms with Crippen molar-refractivity contribution in [2.45, 2.75) is 70.4 Å². The molecule has 1 N–H and O–H groups in total. The molecular weight excluding hydrogens is 630 g/mol. The van der Waals surface area contributed by atoms with Gasteiger partial charge in [-0.2, -0.15) is 0 Å². The van der Waals surface area contributed by atoms with Gasteiger partial charge in [0, 0.05) is 32.4 Å². The van der Waals surface area contributed by atoms with Gasteiger partial charge in [-0.05, 0) is 51.3 Å². The molecule has 2 aromatic carbocycles. The number of hydrogen-bond donors (Lipinski definition) is 1. The number of para-hydroxylation sites is 1. The minimum Gasteiger partial charge on any atom is -0.489 e. The SMILES string of the molecule is CN1CC(=O)N2C[C@@H](NC(=O)OC(C)(C)C)C[C@H]2COc2cccc3ccc(nc23)C(=O)N(C)[C@H](C(=O)OCc2ccccc2)CCC1=O. The summed E-state index contributed by atoms with van der Waals surface area (Å²) in [6, 6.07) is 15.9. The van der Waals surface area contributed by atoms with Crippen LogP contribution in [0.2, 0.25) is 0 Å². The van der Waals surface area contributed by atoms with Gasteiger partial charge in [-0.3, -0.25) is 14.4 Å². The van der Waals surface area contributed by atoms with Crippen LogP contribution in [-0.4, -0.2) is 107 Å². The van der Waals surface area contributed by atoms with Crippen molar-refractivity contribution in [3.8, 4) is 5.75 Å². The molecule has 0 radical (unpaired) electrons. The van der Waals surface area contributed by atoms with E-state index >= 15 is 0 Å². The molecule has 0 unspecified atom stereocenters. The average Bonchev–Trinajstić information content (AvgIpc) is 3.47. The highest BCUT2D eigenvalue weighted by atomic mass is 16.6. The number of esters is 1. The number of carbonyl (C=O) groups is 5. The Labute approximate surface area is 285 Å². The zero-order chi connectivity index (χ0) is 35.3. The van der Waals surface area contributed by atoms with Crippen LogP contribution in [0, 0.1) is 0 Å². The van der Waals surface area contributed by atoms with Crippen LogP contribution < -0.4 is 10.1 Å². The minimum absolute atomic E-state index is 0.00371. The molecule has 1 saturated heterocycles. The lowest BCUT2D eigenvalue weighted by molar-refractivity contribution is -0.150. The fourth-order valence-electron chi connectivity index (χ4n) is 5.95. The number of benzene rings is 2. The van der Waals surface area contributed by atoms with E-state index in [0.29, 0.717) is 17.7 Å². The van der Waals surface area contributed by atoms with E-state index in [2.05, 4.69) is 10.3 Å². The van der Waals surface area contributed by atoms with Crippen molar-refractivity contribution in [1.82, 2.24) is 25.0 Å². The van der Waals surface area contributed by atoms with E-state index in [-0.39, 0.29) is 56.7 Å². The number of amides is 4. The fourth-order valence-corrected chi connectivity index (χ4v) is 5.95. The topological polar surface area (TPSA) is 148 Å². The molecule has 5 rings (SSSR count). The van der Waals surface area contributed by atoms with Gasteiger partial charge in [0.1, 0.15) is 41.8 Å². The third-order valence-corrected chi connectivity index (χ3v) is 8.50. The molecule has 49 heavy (non-hydrogen) atoms. The molecule has 2 aliphatic rings. The molecule has 0 aliphatic carbocycles.